The van der Waals surface area contributed by atoms with Crippen LogP contribution < -0.4 is 5.32 Å². The quantitative estimate of drug-likeness (QED) is 0.682. The van der Waals surface area contributed by atoms with Crippen molar-refractivity contribution < 1.29 is 4.52 Å². The number of hydrogen-bond donors (Lipinski definition) is 1. The summed E-state index contributed by atoms with van der Waals surface area (Å²) in [5, 5.41) is 7.53. The van der Waals surface area contributed by atoms with Crippen LogP contribution in [0.5, 0.6) is 0 Å². The van der Waals surface area contributed by atoms with Crippen LogP contribution in [0.3, 0.4) is 0 Å². The number of anilines is 1. The molecule has 1 aliphatic heterocycles. The lowest BCUT2D eigenvalue weighted by molar-refractivity contribution is 0.405. The Balaban J connectivity index is 2.01. The highest BCUT2D eigenvalue weighted by molar-refractivity contribution is 9.10. The van der Waals surface area contributed by atoms with E-state index in [0.29, 0.717) is 6.54 Å². The van der Waals surface area contributed by atoms with Gasteiger partial charge in [-0.25, -0.2) is 0 Å². The molecule has 1 N–H and O–H groups in total. The molecule has 114 valence electrons. The van der Waals surface area contributed by atoms with E-state index in [1.165, 1.54) is 16.7 Å². The molecule has 3 nitrogen and oxygen atoms in total. The Morgan fingerprint density at radius 1 is 1.09 bits per heavy atom. The fourth-order valence-corrected chi connectivity index (χ4v) is 3.32. The number of rotatable bonds is 2. The molecule has 0 saturated carbocycles. The van der Waals surface area contributed by atoms with Crippen LogP contribution in [-0.2, 0) is 0 Å². The summed E-state index contributed by atoms with van der Waals surface area (Å²) >= 11 is 3.58. The van der Waals surface area contributed by atoms with Crippen molar-refractivity contribution in [3.05, 3.63) is 81.7 Å². The van der Waals surface area contributed by atoms with Crippen molar-refractivity contribution in [2.75, 3.05) is 11.9 Å². The van der Waals surface area contributed by atoms with Crippen molar-refractivity contribution in [1.82, 2.24) is 5.16 Å². The molecule has 0 bridgehead atoms. The molecule has 4 rings (SSSR count). The summed E-state index contributed by atoms with van der Waals surface area (Å²) in [5.41, 5.74) is 6.68. The van der Waals surface area contributed by atoms with E-state index in [1.54, 1.807) is 0 Å². The number of aryl methyl sites for hydroxylation is 1. The second-order valence-corrected chi connectivity index (χ2v) is 6.51. The lowest BCUT2D eigenvalue weighted by Gasteiger charge is -2.24. The maximum Gasteiger partial charge on any atom is 0.165 e. The Morgan fingerprint density at radius 3 is 2.65 bits per heavy atom. The average molecular weight is 367 g/mol. The van der Waals surface area contributed by atoms with E-state index in [9.17, 15) is 0 Å². The summed E-state index contributed by atoms with van der Waals surface area (Å²) in [4.78, 5) is 0. The largest absolute Gasteiger partial charge is 0.380 e. The Bertz CT molecular complexity index is 897. The van der Waals surface area contributed by atoms with Crippen LogP contribution in [0, 0.1) is 6.92 Å². The topological polar surface area (TPSA) is 38.1 Å². The maximum absolute atomic E-state index is 5.54. The molecule has 1 aromatic heterocycles. The van der Waals surface area contributed by atoms with Gasteiger partial charge in [-0.1, -0.05) is 51.4 Å². The zero-order valence-corrected chi connectivity index (χ0v) is 14.2. The third-order valence-corrected chi connectivity index (χ3v) is 4.49. The Labute approximate surface area is 143 Å². The van der Waals surface area contributed by atoms with Crippen molar-refractivity contribution in [1.29, 1.82) is 0 Å². The van der Waals surface area contributed by atoms with Gasteiger partial charge in [-0.15, -0.1) is 0 Å². The van der Waals surface area contributed by atoms with Gasteiger partial charge in [0.15, 0.2) is 5.76 Å². The molecule has 0 radical (unpaired) electrons. The van der Waals surface area contributed by atoms with Gasteiger partial charge < -0.3 is 9.84 Å². The Kier molecular flexibility index (Phi) is 3.54. The van der Waals surface area contributed by atoms with Crippen LogP contribution in [0.15, 0.2) is 63.6 Å². The molecule has 23 heavy (non-hydrogen) atoms. The van der Waals surface area contributed by atoms with Gasteiger partial charge in [0, 0.05) is 33.9 Å². The SMILES string of the molecule is Cc1cc(C2=C(c3ccccc3)c3cc(Br)ccc3NC2)on1. The maximum atomic E-state index is 5.54. The minimum atomic E-state index is 0.716. The van der Waals surface area contributed by atoms with E-state index < -0.39 is 0 Å². The first-order chi connectivity index (χ1) is 11.2. The molecule has 1 aliphatic rings. The molecule has 0 amide bonds. The first-order valence-corrected chi connectivity index (χ1v) is 8.28. The zero-order valence-electron chi connectivity index (χ0n) is 12.6. The monoisotopic (exact) mass is 366 g/mol. The van der Waals surface area contributed by atoms with E-state index in [2.05, 4.69) is 68.9 Å². The first kappa shape index (κ1) is 14.3. The average Bonchev–Trinajstić information content (AvgIpc) is 3.01. The summed E-state index contributed by atoms with van der Waals surface area (Å²) in [6.45, 7) is 2.66. The number of halogens is 1. The highest BCUT2D eigenvalue weighted by atomic mass is 79.9. The summed E-state index contributed by atoms with van der Waals surface area (Å²) in [7, 11) is 0. The molecule has 3 aromatic rings. The summed E-state index contributed by atoms with van der Waals surface area (Å²) in [5.74, 6) is 0.819. The lowest BCUT2D eigenvalue weighted by Crippen LogP contribution is -2.14. The van der Waals surface area contributed by atoms with Gasteiger partial charge in [-0.05, 0) is 36.3 Å². The van der Waals surface area contributed by atoms with Crippen LogP contribution in [0.2, 0.25) is 0 Å². The van der Waals surface area contributed by atoms with Crippen LogP contribution in [0.25, 0.3) is 11.1 Å². The third-order valence-electron chi connectivity index (χ3n) is 4.00. The molecule has 0 atom stereocenters. The van der Waals surface area contributed by atoms with Gasteiger partial charge in [0.25, 0.3) is 0 Å². The second-order valence-electron chi connectivity index (χ2n) is 5.60. The van der Waals surface area contributed by atoms with E-state index in [4.69, 9.17) is 4.52 Å². The van der Waals surface area contributed by atoms with Gasteiger partial charge in [-0.3, -0.25) is 0 Å². The van der Waals surface area contributed by atoms with Gasteiger partial charge in [0.05, 0.1) is 5.69 Å². The van der Waals surface area contributed by atoms with Crippen molar-refractivity contribution in [3.8, 4) is 0 Å². The molecular weight excluding hydrogens is 352 g/mol. The minimum Gasteiger partial charge on any atom is -0.380 e. The van der Waals surface area contributed by atoms with Crippen LogP contribution in [0.1, 0.15) is 22.6 Å². The van der Waals surface area contributed by atoms with E-state index in [0.717, 1.165) is 27.2 Å². The smallest absolute Gasteiger partial charge is 0.165 e. The normalized spacial score (nSPS) is 13.7. The minimum absolute atomic E-state index is 0.716. The number of fused-ring (bicyclic) bond motifs is 1. The van der Waals surface area contributed by atoms with Crippen LogP contribution in [0.4, 0.5) is 5.69 Å². The third kappa shape index (κ3) is 2.59. The number of aromatic nitrogens is 1. The van der Waals surface area contributed by atoms with Crippen molar-refractivity contribution in [2.45, 2.75) is 6.92 Å². The lowest BCUT2D eigenvalue weighted by atomic mass is 9.88. The number of hydrogen-bond acceptors (Lipinski definition) is 3. The number of nitrogens with zero attached hydrogens (tertiary/aromatic N) is 1. The number of nitrogens with one attached hydrogen (secondary N) is 1. The highest BCUT2D eigenvalue weighted by Crippen LogP contribution is 2.40. The molecule has 0 unspecified atom stereocenters. The Hall–Kier alpha value is -2.33. The molecule has 0 fully saturated rings. The summed E-state index contributed by atoms with van der Waals surface area (Å²) in [6, 6.07) is 18.7. The summed E-state index contributed by atoms with van der Waals surface area (Å²) < 4.78 is 6.60. The second kappa shape index (κ2) is 5.70. The van der Waals surface area contributed by atoms with Crippen molar-refractivity contribution in [3.63, 3.8) is 0 Å². The standard InChI is InChI=1S/C19H15BrN2O/c1-12-9-18(23-22-12)16-11-21-17-8-7-14(20)10-15(17)19(16)13-5-3-2-4-6-13/h2-10,21H,11H2,1H3. The predicted molar refractivity (Wildman–Crippen MR) is 96.2 cm³/mol. The molecule has 0 spiro atoms. The van der Waals surface area contributed by atoms with Crippen molar-refractivity contribution >= 4 is 32.8 Å². The molecule has 2 heterocycles. The Morgan fingerprint density at radius 2 is 1.91 bits per heavy atom. The molecule has 4 heteroatoms. The van der Waals surface area contributed by atoms with E-state index in [-0.39, 0.29) is 0 Å². The predicted octanol–water partition coefficient (Wildman–Crippen LogP) is 5.13. The van der Waals surface area contributed by atoms with Gasteiger partial charge in [0.2, 0.25) is 0 Å². The molecular formula is C19H15BrN2O. The molecule has 0 saturated heterocycles. The zero-order chi connectivity index (χ0) is 15.8. The van der Waals surface area contributed by atoms with Crippen LogP contribution >= 0.6 is 15.9 Å². The fraction of sp³-hybridized carbons (Fsp3) is 0.105. The van der Waals surface area contributed by atoms with Crippen LogP contribution in [-0.4, -0.2) is 11.7 Å². The molecule has 2 aromatic carbocycles. The van der Waals surface area contributed by atoms with E-state index in [1.807, 2.05) is 19.1 Å². The summed E-state index contributed by atoms with van der Waals surface area (Å²) in [6.07, 6.45) is 0. The van der Waals surface area contributed by atoms with E-state index >= 15 is 0 Å². The van der Waals surface area contributed by atoms with Crippen molar-refractivity contribution in [2.24, 2.45) is 0 Å². The number of benzene rings is 2. The highest BCUT2D eigenvalue weighted by Gasteiger charge is 2.23. The molecule has 0 aliphatic carbocycles. The van der Waals surface area contributed by atoms with Gasteiger partial charge in [-0.2, -0.15) is 0 Å². The first-order valence-electron chi connectivity index (χ1n) is 7.48. The van der Waals surface area contributed by atoms with Gasteiger partial charge >= 0.3 is 0 Å². The fourth-order valence-electron chi connectivity index (χ4n) is 2.96. The van der Waals surface area contributed by atoms with Gasteiger partial charge in [0.1, 0.15) is 0 Å².